The Morgan fingerprint density at radius 1 is 1.28 bits per heavy atom. The Kier molecular flexibility index (Phi) is 4.22. The van der Waals surface area contributed by atoms with Gasteiger partial charge in [-0.3, -0.25) is 0 Å². The largest absolute Gasteiger partial charge is 0.497 e. The number of ether oxygens (including phenoxy) is 2. The van der Waals surface area contributed by atoms with Crippen LogP contribution in [0.4, 0.5) is 5.69 Å². The summed E-state index contributed by atoms with van der Waals surface area (Å²) >= 11 is 1.79. The average Bonchev–Trinajstić information content (AvgIpc) is 2.98. The van der Waals surface area contributed by atoms with Crippen molar-refractivity contribution in [2.45, 2.75) is 25.2 Å². The Hall–Kier alpha value is -2.33. The van der Waals surface area contributed by atoms with Gasteiger partial charge in [-0.25, -0.2) is 0 Å². The molecule has 0 saturated carbocycles. The van der Waals surface area contributed by atoms with E-state index in [1.807, 2.05) is 6.08 Å². The molecule has 3 nitrogen and oxygen atoms in total. The molecule has 3 aliphatic rings. The topological polar surface area (TPSA) is 21.7 Å². The van der Waals surface area contributed by atoms with Gasteiger partial charge in [-0.15, -0.1) is 0 Å². The van der Waals surface area contributed by atoms with Gasteiger partial charge in [-0.1, -0.05) is 23.9 Å². The number of nitrogens with zero attached hydrogens (tertiary/aromatic N) is 1. The van der Waals surface area contributed by atoms with Gasteiger partial charge >= 0.3 is 0 Å². The molecule has 1 aliphatic carbocycles. The number of methoxy groups -OCH3 is 1. The summed E-state index contributed by atoms with van der Waals surface area (Å²) in [5.74, 6) is 2.63. The molecule has 0 spiro atoms. The van der Waals surface area contributed by atoms with Crippen LogP contribution in [0.25, 0.3) is 0 Å². The highest BCUT2D eigenvalue weighted by Gasteiger charge is 2.25. The van der Waals surface area contributed by atoms with Crippen molar-refractivity contribution in [1.82, 2.24) is 0 Å². The van der Waals surface area contributed by atoms with E-state index in [1.165, 1.54) is 26.8 Å². The smallest absolute Gasteiger partial charge is 0.134 e. The maximum Gasteiger partial charge on any atom is 0.134 e. The summed E-state index contributed by atoms with van der Waals surface area (Å²) in [6.07, 6.45) is 9.18. The van der Waals surface area contributed by atoms with E-state index in [9.17, 15) is 0 Å². The molecule has 0 N–H and O–H groups in total. The molecule has 0 bridgehead atoms. The fraction of sp³-hybridized carbons (Fsp3) is 0.238. The lowest BCUT2D eigenvalue weighted by molar-refractivity contribution is 0.284. The molecule has 0 saturated heterocycles. The van der Waals surface area contributed by atoms with Crippen LogP contribution in [-0.2, 0) is 9.47 Å². The van der Waals surface area contributed by atoms with Crippen molar-refractivity contribution in [3.63, 3.8) is 0 Å². The molecular formula is C21H21NO2S. The third-order valence-corrected chi connectivity index (χ3v) is 5.71. The minimum absolute atomic E-state index is 0.850. The average molecular weight is 351 g/mol. The number of para-hydroxylation sites is 1. The fourth-order valence-corrected chi connectivity index (χ4v) is 4.47. The SMILES string of the molecule is CCN1C(=CC2=CC(C)=C3CC=C(OC)C=C3O2)Sc2ccccc21. The lowest BCUT2D eigenvalue weighted by atomic mass is 9.97. The van der Waals surface area contributed by atoms with Crippen molar-refractivity contribution in [3.05, 3.63) is 82.0 Å². The predicted octanol–water partition coefficient (Wildman–Crippen LogP) is 5.51. The van der Waals surface area contributed by atoms with Crippen LogP contribution in [0, 0.1) is 0 Å². The van der Waals surface area contributed by atoms with Crippen LogP contribution in [0.15, 0.2) is 86.9 Å². The Labute approximate surface area is 153 Å². The lowest BCUT2D eigenvalue weighted by Gasteiger charge is -2.24. The summed E-state index contributed by atoms with van der Waals surface area (Å²) in [7, 11) is 1.69. The molecule has 128 valence electrons. The fourth-order valence-electron chi connectivity index (χ4n) is 3.30. The molecule has 0 fully saturated rings. The number of rotatable bonds is 3. The third-order valence-electron chi connectivity index (χ3n) is 4.60. The molecule has 2 heterocycles. The molecule has 0 amide bonds. The summed E-state index contributed by atoms with van der Waals surface area (Å²) in [6.45, 7) is 5.25. The van der Waals surface area contributed by atoms with Gasteiger partial charge < -0.3 is 14.4 Å². The van der Waals surface area contributed by atoms with E-state index in [0.717, 1.165) is 30.2 Å². The second kappa shape index (κ2) is 6.52. The number of anilines is 1. The number of hydrogen-bond acceptors (Lipinski definition) is 4. The van der Waals surface area contributed by atoms with Crippen LogP contribution in [0.5, 0.6) is 0 Å². The van der Waals surface area contributed by atoms with Gasteiger partial charge in [0, 0.05) is 29.2 Å². The van der Waals surface area contributed by atoms with Gasteiger partial charge in [0.1, 0.15) is 17.3 Å². The number of benzene rings is 1. The Morgan fingerprint density at radius 3 is 2.92 bits per heavy atom. The van der Waals surface area contributed by atoms with Crippen molar-refractivity contribution in [2.24, 2.45) is 0 Å². The van der Waals surface area contributed by atoms with Gasteiger partial charge in [0.05, 0.1) is 17.8 Å². The Bertz CT molecular complexity index is 874. The first kappa shape index (κ1) is 16.2. The second-order valence-electron chi connectivity index (χ2n) is 6.13. The zero-order valence-electron chi connectivity index (χ0n) is 14.7. The van der Waals surface area contributed by atoms with Crippen molar-refractivity contribution in [2.75, 3.05) is 18.6 Å². The monoisotopic (exact) mass is 351 g/mol. The van der Waals surface area contributed by atoms with Gasteiger partial charge in [-0.2, -0.15) is 0 Å². The van der Waals surface area contributed by atoms with E-state index in [4.69, 9.17) is 9.47 Å². The molecule has 0 atom stereocenters. The molecule has 4 heteroatoms. The maximum atomic E-state index is 6.17. The first-order valence-corrected chi connectivity index (χ1v) is 9.33. The van der Waals surface area contributed by atoms with E-state index < -0.39 is 0 Å². The molecular weight excluding hydrogens is 330 g/mol. The highest BCUT2D eigenvalue weighted by molar-refractivity contribution is 8.03. The summed E-state index contributed by atoms with van der Waals surface area (Å²) in [4.78, 5) is 3.62. The molecule has 0 radical (unpaired) electrons. The predicted molar refractivity (Wildman–Crippen MR) is 103 cm³/mol. The summed E-state index contributed by atoms with van der Waals surface area (Å²) in [6, 6.07) is 8.52. The van der Waals surface area contributed by atoms with Crippen molar-refractivity contribution < 1.29 is 9.47 Å². The standard InChI is InChI=1S/C21H21NO2S/c1-4-22-18-7-5-6-8-20(18)25-21(22)13-16-11-14(2)17-10-9-15(23-3)12-19(17)24-16/h5-9,11-13H,4,10H2,1-3H3. The Morgan fingerprint density at radius 2 is 2.12 bits per heavy atom. The summed E-state index contributed by atoms with van der Waals surface area (Å²) in [5, 5.41) is 1.20. The first-order valence-electron chi connectivity index (χ1n) is 8.51. The number of allylic oxidation sites excluding steroid dienone is 6. The van der Waals surface area contributed by atoms with Gasteiger partial charge in [-0.05, 0) is 50.1 Å². The van der Waals surface area contributed by atoms with Crippen molar-refractivity contribution in [3.8, 4) is 0 Å². The molecule has 1 aromatic rings. The van der Waals surface area contributed by atoms with Gasteiger partial charge in [0.15, 0.2) is 0 Å². The van der Waals surface area contributed by atoms with Crippen molar-refractivity contribution in [1.29, 1.82) is 0 Å². The number of thioether (sulfide) groups is 1. The highest BCUT2D eigenvalue weighted by Crippen LogP contribution is 2.46. The molecule has 0 unspecified atom stereocenters. The second-order valence-corrected chi connectivity index (χ2v) is 7.19. The number of hydrogen-bond donors (Lipinski definition) is 0. The van der Waals surface area contributed by atoms with E-state index in [-0.39, 0.29) is 0 Å². The minimum Gasteiger partial charge on any atom is -0.497 e. The minimum atomic E-state index is 0.850. The van der Waals surface area contributed by atoms with E-state index >= 15 is 0 Å². The van der Waals surface area contributed by atoms with Crippen LogP contribution >= 0.6 is 11.8 Å². The zero-order valence-corrected chi connectivity index (χ0v) is 15.5. The van der Waals surface area contributed by atoms with Crippen LogP contribution < -0.4 is 4.90 Å². The zero-order chi connectivity index (χ0) is 17.4. The molecule has 1 aromatic carbocycles. The van der Waals surface area contributed by atoms with Crippen LogP contribution in [0.1, 0.15) is 20.3 Å². The van der Waals surface area contributed by atoms with E-state index in [0.29, 0.717) is 0 Å². The highest BCUT2D eigenvalue weighted by atomic mass is 32.2. The van der Waals surface area contributed by atoms with E-state index in [1.54, 1.807) is 18.9 Å². The first-order chi connectivity index (χ1) is 12.2. The summed E-state index contributed by atoms with van der Waals surface area (Å²) < 4.78 is 11.5. The normalized spacial score (nSPS) is 20.5. The van der Waals surface area contributed by atoms with Crippen LogP contribution in [-0.4, -0.2) is 13.7 Å². The number of fused-ring (bicyclic) bond motifs is 2. The summed E-state index contributed by atoms with van der Waals surface area (Å²) in [5.41, 5.74) is 3.75. The quantitative estimate of drug-likeness (QED) is 0.716. The molecule has 2 aliphatic heterocycles. The Balaban J connectivity index is 1.66. The molecule has 4 rings (SSSR count). The molecule has 0 aromatic heterocycles. The molecule has 25 heavy (non-hydrogen) atoms. The van der Waals surface area contributed by atoms with Crippen LogP contribution in [0.3, 0.4) is 0 Å². The van der Waals surface area contributed by atoms with Gasteiger partial charge in [0.25, 0.3) is 0 Å². The lowest BCUT2D eigenvalue weighted by Crippen LogP contribution is -2.17. The van der Waals surface area contributed by atoms with Crippen molar-refractivity contribution >= 4 is 17.4 Å². The maximum absolute atomic E-state index is 6.17. The van der Waals surface area contributed by atoms with Crippen LogP contribution in [0.2, 0.25) is 0 Å². The van der Waals surface area contributed by atoms with E-state index in [2.05, 4.69) is 61.2 Å². The third kappa shape index (κ3) is 2.91. The van der Waals surface area contributed by atoms with Gasteiger partial charge in [0.2, 0.25) is 0 Å².